The van der Waals surface area contributed by atoms with E-state index in [4.69, 9.17) is 9.47 Å². The summed E-state index contributed by atoms with van der Waals surface area (Å²) in [4.78, 5) is 24.6. The van der Waals surface area contributed by atoms with Crippen molar-refractivity contribution in [3.63, 3.8) is 0 Å². The Balaban J connectivity index is 3.56. The first-order valence-electron chi connectivity index (χ1n) is 33.4. The van der Waals surface area contributed by atoms with Gasteiger partial charge >= 0.3 is 11.9 Å². The standard InChI is InChI=1S/C75H124O5/c1-3-5-7-9-11-13-15-17-19-21-23-25-27-29-31-33-35-36-37-38-40-42-44-46-48-50-52-54-56-58-60-62-64-66-68-70-75(78)80-73(71-76)72-79-74(77)69-67-65-63-61-59-57-55-53-51-49-47-45-43-41-39-34-32-30-28-26-24-22-20-18-16-14-12-10-8-6-4-2/h5,7,11,13,16-19,22-25,28-31,35-36,38,40,44,46,50,52,73,76H,3-4,6,8-10,12,14-15,20-21,26-27,32-34,37,39,41-43,45,47-49,51,53-72H2,1-2H3/b7-5-,13-11-,18-16-,19-17-,24-22-,25-23-,30-28-,31-29-,36-35-,40-38-,46-44-,52-50-. The van der Waals surface area contributed by atoms with Gasteiger partial charge in [-0.05, 0) is 122 Å². The Kier molecular flexibility index (Phi) is 65.4. The maximum atomic E-state index is 12.4. The number of unbranched alkanes of at least 4 members (excludes halogenated alkanes) is 28. The average Bonchev–Trinajstić information content (AvgIpc) is 3.46. The summed E-state index contributed by atoms with van der Waals surface area (Å²) in [6.45, 7) is 4.02. The summed E-state index contributed by atoms with van der Waals surface area (Å²) in [5.41, 5.74) is 0. The molecule has 5 nitrogen and oxygen atoms in total. The predicted octanol–water partition coefficient (Wildman–Crippen LogP) is 23.3. The molecule has 0 aliphatic heterocycles. The Morgan fingerprint density at radius 2 is 0.537 bits per heavy atom. The van der Waals surface area contributed by atoms with E-state index in [0.717, 1.165) is 116 Å². The van der Waals surface area contributed by atoms with Gasteiger partial charge in [-0.1, -0.05) is 307 Å². The summed E-state index contributed by atoms with van der Waals surface area (Å²) in [5.74, 6) is -0.604. The van der Waals surface area contributed by atoms with Crippen LogP contribution in [0.2, 0.25) is 0 Å². The largest absolute Gasteiger partial charge is 0.462 e. The molecular weight excluding hydrogens is 981 g/mol. The van der Waals surface area contributed by atoms with Gasteiger partial charge in [0.1, 0.15) is 6.61 Å². The average molecular weight is 1110 g/mol. The molecule has 0 spiro atoms. The molecule has 0 heterocycles. The molecule has 0 saturated heterocycles. The van der Waals surface area contributed by atoms with Crippen LogP contribution in [0.5, 0.6) is 0 Å². The maximum Gasteiger partial charge on any atom is 0.306 e. The Hall–Kier alpha value is -4.22. The zero-order valence-corrected chi connectivity index (χ0v) is 52.0. The van der Waals surface area contributed by atoms with Crippen LogP contribution in [-0.2, 0) is 19.1 Å². The van der Waals surface area contributed by atoms with Gasteiger partial charge in [0.15, 0.2) is 6.10 Å². The first-order valence-corrected chi connectivity index (χ1v) is 33.4. The smallest absolute Gasteiger partial charge is 0.306 e. The Morgan fingerprint density at radius 3 is 0.812 bits per heavy atom. The molecule has 0 radical (unpaired) electrons. The van der Waals surface area contributed by atoms with Crippen LogP contribution >= 0.6 is 0 Å². The van der Waals surface area contributed by atoms with E-state index >= 15 is 0 Å². The van der Waals surface area contributed by atoms with Gasteiger partial charge in [-0.2, -0.15) is 0 Å². The van der Waals surface area contributed by atoms with E-state index in [1.54, 1.807) is 0 Å². The lowest BCUT2D eigenvalue weighted by atomic mass is 10.0. The molecular formula is C75H124O5. The highest BCUT2D eigenvalue weighted by Crippen LogP contribution is 2.16. The van der Waals surface area contributed by atoms with Crippen LogP contribution in [0, 0.1) is 0 Å². The number of ether oxygens (including phenoxy) is 2. The topological polar surface area (TPSA) is 72.8 Å². The predicted molar refractivity (Wildman–Crippen MR) is 352 cm³/mol. The molecule has 1 unspecified atom stereocenters. The van der Waals surface area contributed by atoms with E-state index < -0.39 is 6.10 Å². The normalized spacial score (nSPS) is 13.2. The van der Waals surface area contributed by atoms with Crippen LogP contribution in [0.3, 0.4) is 0 Å². The van der Waals surface area contributed by atoms with E-state index in [-0.39, 0.29) is 25.2 Å². The Bertz CT molecular complexity index is 1680. The monoisotopic (exact) mass is 1100 g/mol. The number of carbonyl (C=O) groups is 2. The van der Waals surface area contributed by atoms with Crippen molar-refractivity contribution in [2.24, 2.45) is 0 Å². The van der Waals surface area contributed by atoms with Crippen molar-refractivity contribution in [3.8, 4) is 0 Å². The zero-order valence-electron chi connectivity index (χ0n) is 52.0. The summed E-state index contributed by atoms with van der Waals surface area (Å²) in [7, 11) is 0. The molecule has 0 saturated carbocycles. The van der Waals surface area contributed by atoms with Gasteiger partial charge in [0.05, 0.1) is 6.61 Å². The third-order valence-corrected chi connectivity index (χ3v) is 14.1. The highest BCUT2D eigenvalue weighted by atomic mass is 16.6. The van der Waals surface area contributed by atoms with Crippen molar-refractivity contribution in [3.05, 3.63) is 146 Å². The summed E-state index contributed by atoms with van der Waals surface area (Å²) < 4.78 is 10.7. The molecule has 0 aliphatic rings. The molecule has 0 fully saturated rings. The lowest BCUT2D eigenvalue weighted by molar-refractivity contribution is -0.161. The van der Waals surface area contributed by atoms with Gasteiger partial charge in [0.2, 0.25) is 0 Å². The van der Waals surface area contributed by atoms with Crippen molar-refractivity contribution in [1.82, 2.24) is 0 Å². The summed E-state index contributed by atoms with van der Waals surface area (Å²) in [6.07, 6.45) is 104. The molecule has 0 aromatic carbocycles. The molecule has 0 aromatic rings. The van der Waals surface area contributed by atoms with Crippen LogP contribution in [0.25, 0.3) is 0 Å². The minimum Gasteiger partial charge on any atom is -0.462 e. The quantitative estimate of drug-likeness (QED) is 0.0373. The van der Waals surface area contributed by atoms with Crippen molar-refractivity contribution in [2.75, 3.05) is 13.2 Å². The first kappa shape index (κ1) is 75.8. The van der Waals surface area contributed by atoms with Gasteiger partial charge < -0.3 is 14.6 Å². The number of hydrogen-bond acceptors (Lipinski definition) is 5. The number of aliphatic hydroxyl groups is 1. The number of aliphatic hydroxyl groups excluding tert-OH is 1. The fourth-order valence-electron chi connectivity index (χ4n) is 9.14. The van der Waals surface area contributed by atoms with Gasteiger partial charge in [-0.15, -0.1) is 0 Å². The molecule has 5 heteroatoms. The third kappa shape index (κ3) is 66.3. The first-order chi connectivity index (χ1) is 39.6. The van der Waals surface area contributed by atoms with E-state index in [2.05, 4.69) is 160 Å². The van der Waals surface area contributed by atoms with Crippen molar-refractivity contribution >= 4 is 11.9 Å². The van der Waals surface area contributed by atoms with E-state index in [1.165, 1.54) is 154 Å². The minimum atomic E-state index is -0.789. The van der Waals surface area contributed by atoms with Crippen molar-refractivity contribution < 1.29 is 24.2 Å². The van der Waals surface area contributed by atoms with Gasteiger partial charge in [-0.25, -0.2) is 0 Å². The SMILES string of the molecule is CC/C=C\C/C=C\C/C=C\C/C=C\C/C=C\C/C=C\C/C=C\C/C=C\C/C=C\CCCCCCCCCC(=O)OC(CO)COC(=O)CCCCCCCCCCCCCCCCCC/C=C\C/C=C\C/C=C\CCCCCCC. The van der Waals surface area contributed by atoms with Gasteiger partial charge in [0.25, 0.3) is 0 Å². The maximum absolute atomic E-state index is 12.4. The number of allylic oxidation sites excluding steroid dienone is 24. The molecule has 454 valence electrons. The van der Waals surface area contributed by atoms with E-state index in [9.17, 15) is 14.7 Å². The zero-order chi connectivity index (χ0) is 57.6. The van der Waals surface area contributed by atoms with Crippen LogP contribution < -0.4 is 0 Å². The molecule has 0 aromatic heterocycles. The summed E-state index contributed by atoms with van der Waals surface area (Å²) in [5, 5.41) is 9.69. The number of carbonyl (C=O) groups excluding carboxylic acids is 2. The second-order valence-electron chi connectivity index (χ2n) is 21.8. The minimum absolute atomic E-state index is 0.0772. The molecule has 80 heavy (non-hydrogen) atoms. The van der Waals surface area contributed by atoms with Crippen LogP contribution in [0.4, 0.5) is 0 Å². The van der Waals surface area contributed by atoms with Gasteiger partial charge in [-0.3, -0.25) is 9.59 Å². The van der Waals surface area contributed by atoms with Crippen LogP contribution in [0.15, 0.2) is 146 Å². The van der Waals surface area contributed by atoms with Crippen molar-refractivity contribution in [1.29, 1.82) is 0 Å². The fourth-order valence-corrected chi connectivity index (χ4v) is 9.14. The van der Waals surface area contributed by atoms with Crippen LogP contribution in [0.1, 0.15) is 296 Å². The fraction of sp³-hybridized carbons (Fsp3) is 0.653. The molecule has 0 rings (SSSR count). The third-order valence-electron chi connectivity index (χ3n) is 14.1. The summed E-state index contributed by atoms with van der Waals surface area (Å²) in [6, 6.07) is 0. The molecule has 0 aliphatic carbocycles. The molecule has 0 bridgehead atoms. The molecule has 1 N–H and O–H groups in total. The van der Waals surface area contributed by atoms with Gasteiger partial charge in [0, 0.05) is 12.8 Å². The number of rotatable bonds is 60. The second kappa shape index (κ2) is 69.1. The highest BCUT2D eigenvalue weighted by Gasteiger charge is 2.16. The highest BCUT2D eigenvalue weighted by molar-refractivity contribution is 5.70. The Labute approximate surface area is 495 Å². The Morgan fingerprint density at radius 1 is 0.300 bits per heavy atom. The number of esters is 2. The number of hydrogen-bond donors (Lipinski definition) is 1. The summed E-state index contributed by atoms with van der Waals surface area (Å²) >= 11 is 0. The van der Waals surface area contributed by atoms with E-state index in [1.807, 2.05) is 0 Å². The lowest BCUT2D eigenvalue weighted by Gasteiger charge is -2.15. The van der Waals surface area contributed by atoms with Crippen LogP contribution in [-0.4, -0.2) is 36.4 Å². The van der Waals surface area contributed by atoms with Crippen molar-refractivity contribution in [2.45, 2.75) is 302 Å². The molecule has 1 atom stereocenters. The lowest BCUT2D eigenvalue weighted by Crippen LogP contribution is -2.28. The second-order valence-corrected chi connectivity index (χ2v) is 21.8. The van der Waals surface area contributed by atoms with E-state index in [0.29, 0.717) is 12.8 Å². The molecule has 0 amide bonds.